The molecule has 0 spiro atoms. The Hall–Kier alpha value is -2.07. The minimum atomic E-state index is -0.541. The summed E-state index contributed by atoms with van der Waals surface area (Å²) >= 11 is 5.94. The number of anilines is 2. The molecule has 0 bridgehead atoms. The molecule has 0 atom stereocenters. The Morgan fingerprint density at radius 3 is 2.68 bits per heavy atom. The standard InChI is InChI=1S/C14H12ClFN2O/c1-8-2-3-9(6-11(8)15)14(19)18-13-7-10(17)4-5-12(13)16/h2-7H,17H2,1H3,(H,18,19). The first-order chi connectivity index (χ1) is 8.97. The Morgan fingerprint density at radius 2 is 2.00 bits per heavy atom. The molecule has 98 valence electrons. The number of nitrogen functional groups attached to an aromatic ring is 1. The number of nitrogens with one attached hydrogen (secondary N) is 1. The van der Waals surface area contributed by atoms with Crippen LogP contribution in [-0.4, -0.2) is 5.91 Å². The number of hydrogen-bond donors (Lipinski definition) is 2. The molecule has 3 N–H and O–H groups in total. The Balaban J connectivity index is 2.25. The average molecular weight is 279 g/mol. The van der Waals surface area contributed by atoms with Crippen LogP contribution in [0.2, 0.25) is 5.02 Å². The van der Waals surface area contributed by atoms with Crippen LogP contribution in [0.3, 0.4) is 0 Å². The van der Waals surface area contributed by atoms with Crippen LogP contribution in [0, 0.1) is 12.7 Å². The highest BCUT2D eigenvalue weighted by atomic mass is 35.5. The van der Waals surface area contributed by atoms with Crippen LogP contribution in [0.25, 0.3) is 0 Å². The van der Waals surface area contributed by atoms with Gasteiger partial charge in [-0.2, -0.15) is 0 Å². The van der Waals surface area contributed by atoms with Gasteiger partial charge in [-0.25, -0.2) is 4.39 Å². The van der Waals surface area contributed by atoms with Crippen LogP contribution in [0.4, 0.5) is 15.8 Å². The van der Waals surface area contributed by atoms with Gasteiger partial charge in [-0.1, -0.05) is 17.7 Å². The van der Waals surface area contributed by atoms with Crippen LogP contribution < -0.4 is 11.1 Å². The molecular weight excluding hydrogens is 267 g/mol. The molecule has 0 aromatic heterocycles. The minimum absolute atomic E-state index is 0.0432. The summed E-state index contributed by atoms with van der Waals surface area (Å²) in [7, 11) is 0. The van der Waals surface area contributed by atoms with Crippen molar-refractivity contribution in [1.82, 2.24) is 0 Å². The van der Waals surface area contributed by atoms with Crippen molar-refractivity contribution in [3.8, 4) is 0 Å². The first kappa shape index (κ1) is 13.4. The van der Waals surface area contributed by atoms with Gasteiger partial charge >= 0.3 is 0 Å². The highest BCUT2D eigenvalue weighted by Crippen LogP contribution is 2.20. The summed E-state index contributed by atoms with van der Waals surface area (Å²) in [4.78, 5) is 12.0. The number of carbonyl (C=O) groups excluding carboxylic acids is 1. The summed E-state index contributed by atoms with van der Waals surface area (Å²) in [5.41, 5.74) is 7.19. The SMILES string of the molecule is Cc1ccc(C(=O)Nc2cc(N)ccc2F)cc1Cl. The van der Waals surface area contributed by atoms with E-state index in [-0.39, 0.29) is 5.69 Å². The van der Waals surface area contributed by atoms with Crippen molar-refractivity contribution in [2.24, 2.45) is 0 Å². The maximum absolute atomic E-state index is 13.5. The Labute approximate surface area is 115 Å². The van der Waals surface area contributed by atoms with Crippen LogP contribution >= 0.6 is 11.6 Å². The largest absolute Gasteiger partial charge is 0.399 e. The lowest BCUT2D eigenvalue weighted by Gasteiger charge is -2.08. The molecule has 0 saturated carbocycles. The third-order valence-corrected chi connectivity index (χ3v) is 3.08. The zero-order valence-electron chi connectivity index (χ0n) is 10.2. The molecule has 5 heteroatoms. The monoisotopic (exact) mass is 278 g/mol. The number of hydrogen-bond acceptors (Lipinski definition) is 2. The maximum atomic E-state index is 13.5. The fraction of sp³-hybridized carbons (Fsp3) is 0.0714. The van der Waals surface area contributed by atoms with Crippen molar-refractivity contribution in [3.63, 3.8) is 0 Å². The molecule has 0 unspecified atom stereocenters. The van der Waals surface area contributed by atoms with Gasteiger partial charge in [-0.3, -0.25) is 4.79 Å². The molecule has 0 saturated heterocycles. The number of rotatable bonds is 2. The van der Waals surface area contributed by atoms with E-state index < -0.39 is 11.7 Å². The van der Waals surface area contributed by atoms with Gasteiger partial charge in [-0.05, 0) is 42.8 Å². The van der Waals surface area contributed by atoms with Gasteiger partial charge in [0, 0.05) is 16.3 Å². The molecule has 2 aromatic carbocycles. The van der Waals surface area contributed by atoms with E-state index in [4.69, 9.17) is 17.3 Å². The predicted molar refractivity (Wildman–Crippen MR) is 75.0 cm³/mol. The second-order valence-electron chi connectivity index (χ2n) is 4.16. The van der Waals surface area contributed by atoms with E-state index >= 15 is 0 Å². The number of amides is 1. The third-order valence-electron chi connectivity index (χ3n) is 2.67. The number of halogens is 2. The Kier molecular flexibility index (Phi) is 3.71. The molecular formula is C14H12ClFN2O. The lowest BCUT2D eigenvalue weighted by Crippen LogP contribution is -2.13. The molecule has 0 radical (unpaired) electrons. The number of carbonyl (C=O) groups is 1. The molecule has 0 fully saturated rings. The molecule has 19 heavy (non-hydrogen) atoms. The maximum Gasteiger partial charge on any atom is 0.255 e. The molecule has 3 nitrogen and oxygen atoms in total. The van der Waals surface area contributed by atoms with Crippen LogP contribution in [0.1, 0.15) is 15.9 Å². The van der Waals surface area contributed by atoms with E-state index in [9.17, 15) is 9.18 Å². The van der Waals surface area contributed by atoms with E-state index in [1.54, 1.807) is 12.1 Å². The summed E-state index contributed by atoms with van der Waals surface area (Å²) in [6.45, 7) is 1.83. The second kappa shape index (κ2) is 5.28. The molecule has 0 aliphatic carbocycles. The minimum Gasteiger partial charge on any atom is -0.399 e. The van der Waals surface area contributed by atoms with Gasteiger partial charge in [0.15, 0.2) is 0 Å². The van der Waals surface area contributed by atoms with E-state index in [0.29, 0.717) is 16.3 Å². The summed E-state index contributed by atoms with van der Waals surface area (Å²) in [6, 6.07) is 8.88. The van der Waals surface area contributed by atoms with Crippen molar-refractivity contribution < 1.29 is 9.18 Å². The van der Waals surface area contributed by atoms with Crippen LogP contribution in [-0.2, 0) is 0 Å². The van der Waals surface area contributed by atoms with Crippen LogP contribution in [0.5, 0.6) is 0 Å². The molecule has 0 aliphatic heterocycles. The van der Waals surface area contributed by atoms with Gasteiger partial charge in [0.25, 0.3) is 5.91 Å². The highest BCUT2D eigenvalue weighted by Gasteiger charge is 2.10. The Morgan fingerprint density at radius 1 is 1.26 bits per heavy atom. The van der Waals surface area contributed by atoms with Crippen molar-refractivity contribution in [2.75, 3.05) is 11.1 Å². The second-order valence-corrected chi connectivity index (χ2v) is 4.56. The average Bonchev–Trinajstić information content (AvgIpc) is 2.37. The molecule has 2 aromatic rings. The number of benzene rings is 2. The van der Waals surface area contributed by atoms with Gasteiger partial charge in [0.1, 0.15) is 5.82 Å². The van der Waals surface area contributed by atoms with E-state index in [1.807, 2.05) is 6.92 Å². The normalized spacial score (nSPS) is 10.3. The van der Waals surface area contributed by atoms with Crippen molar-refractivity contribution in [3.05, 3.63) is 58.4 Å². The van der Waals surface area contributed by atoms with Gasteiger partial charge < -0.3 is 11.1 Å². The zero-order chi connectivity index (χ0) is 14.0. The fourth-order valence-electron chi connectivity index (χ4n) is 1.57. The summed E-state index contributed by atoms with van der Waals surface area (Å²) in [5, 5.41) is 2.95. The van der Waals surface area contributed by atoms with E-state index in [2.05, 4.69) is 5.32 Å². The third kappa shape index (κ3) is 3.03. The predicted octanol–water partition coefficient (Wildman–Crippen LogP) is 3.62. The van der Waals surface area contributed by atoms with Gasteiger partial charge in [0.2, 0.25) is 0 Å². The quantitative estimate of drug-likeness (QED) is 0.824. The summed E-state index contributed by atoms with van der Waals surface area (Å²) in [5.74, 6) is -0.979. The number of nitrogens with two attached hydrogens (primary N) is 1. The van der Waals surface area contributed by atoms with E-state index in [1.165, 1.54) is 24.3 Å². The Bertz CT molecular complexity index is 643. The molecule has 0 heterocycles. The first-order valence-electron chi connectivity index (χ1n) is 5.60. The van der Waals surface area contributed by atoms with Gasteiger partial charge in [0.05, 0.1) is 5.69 Å². The van der Waals surface area contributed by atoms with Crippen molar-refractivity contribution in [2.45, 2.75) is 6.92 Å². The van der Waals surface area contributed by atoms with Crippen molar-refractivity contribution >= 4 is 28.9 Å². The molecule has 1 amide bonds. The fourth-order valence-corrected chi connectivity index (χ4v) is 1.75. The molecule has 0 aliphatic rings. The number of aryl methyl sites for hydroxylation is 1. The van der Waals surface area contributed by atoms with E-state index in [0.717, 1.165) is 5.56 Å². The van der Waals surface area contributed by atoms with Crippen molar-refractivity contribution in [1.29, 1.82) is 0 Å². The summed E-state index contributed by atoms with van der Waals surface area (Å²) in [6.07, 6.45) is 0. The highest BCUT2D eigenvalue weighted by molar-refractivity contribution is 6.31. The van der Waals surface area contributed by atoms with Gasteiger partial charge in [-0.15, -0.1) is 0 Å². The lowest BCUT2D eigenvalue weighted by molar-refractivity contribution is 0.102. The molecule has 2 rings (SSSR count). The topological polar surface area (TPSA) is 55.1 Å². The first-order valence-corrected chi connectivity index (χ1v) is 5.97. The van der Waals surface area contributed by atoms with Crippen LogP contribution in [0.15, 0.2) is 36.4 Å². The summed E-state index contributed by atoms with van der Waals surface area (Å²) < 4.78 is 13.5. The zero-order valence-corrected chi connectivity index (χ0v) is 11.0. The smallest absolute Gasteiger partial charge is 0.255 e. The lowest BCUT2D eigenvalue weighted by atomic mass is 10.1.